The van der Waals surface area contributed by atoms with Crippen molar-refractivity contribution in [1.29, 1.82) is 0 Å². The van der Waals surface area contributed by atoms with Crippen LogP contribution in [0.5, 0.6) is 0 Å². The van der Waals surface area contributed by atoms with Gasteiger partial charge in [0.2, 0.25) is 5.82 Å². The van der Waals surface area contributed by atoms with E-state index < -0.39 is 0 Å². The molecule has 1 fully saturated rings. The van der Waals surface area contributed by atoms with Crippen LogP contribution in [-0.2, 0) is 0 Å². The number of hydrogen-bond acceptors (Lipinski definition) is 5. The number of anilines is 1. The Morgan fingerprint density at radius 2 is 2.04 bits per heavy atom. The van der Waals surface area contributed by atoms with E-state index in [4.69, 9.17) is 10.2 Å². The quantitative estimate of drug-likeness (QED) is 0.637. The van der Waals surface area contributed by atoms with Gasteiger partial charge >= 0.3 is 0 Å². The van der Waals surface area contributed by atoms with Crippen molar-refractivity contribution in [3.05, 3.63) is 34.5 Å². The molecule has 0 saturated heterocycles. The molecule has 0 atom stereocenters. The molecule has 3 aromatic rings. The molecule has 3 aromatic heterocycles. The highest BCUT2D eigenvalue weighted by Gasteiger charge is 2.29. The summed E-state index contributed by atoms with van der Waals surface area (Å²) < 4.78 is 7.66. The van der Waals surface area contributed by atoms with Gasteiger partial charge in [0.05, 0.1) is 0 Å². The molecular weight excluding hydrogens is 422 g/mol. The molecule has 28 heavy (non-hydrogen) atoms. The molecule has 2 N–H and O–H groups in total. The van der Waals surface area contributed by atoms with E-state index in [9.17, 15) is 4.79 Å². The minimum Gasteiger partial charge on any atom is -0.446 e. The molecule has 4 rings (SSSR count). The van der Waals surface area contributed by atoms with Crippen LogP contribution in [0.4, 0.5) is 5.82 Å². The van der Waals surface area contributed by atoms with Gasteiger partial charge in [-0.05, 0) is 66.9 Å². The maximum absolute atomic E-state index is 13.3. The van der Waals surface area contributed by atoms with Crippen molar-refractivity contribution in [3.63, 3.8) is 0 Å². The Morgan fingerprint density at radius 1 is 1.29 bits per heavy atom. The van der Waals surface area contributed by atoms with Gasteiger partial charge < -0.3 is 15.1 Å². The Labute approximate surface area is 172 Å². The molecule has 8 heteroatoms. The average Bonchev–Trinajstić information content (AvgIpc) is 3.28. The summed E-state index contributed by atoms with van der Waals surface area (Å²) >= 11 is 3.28. The van der Waals surface area contributed by atoms with Gasteiger partial charge in [-0.2, -0.15) is 4.52 Å². The predicted octanol–water partition coefficient (Wildman–Crippen LogP) is 4.52. The number of carbonyl (C=O) groups excluding carboxylic acids is 1. The third-order valence-electron chi connectivity index (χ3n) is 5.26. The fourth-order valence-corrected chi connectivity index (χ4v) is 4.31. The van der Waals surface area contributed by atoms with E-state index in [0.717, 1.165) is 12.8 Å². The standard InChI is InChI=1S/C20H24BrN5O2/c1-12(2)25(14-6-4-3-5-7-14)20(27)13-10-17(22)26-18(11-13)23-19(24-26)15-8-9-16(21)28-15/h8-12,14H,3-7,22H2,1-2H3. The van der Waals surface area contributed by atoms with Crippen LogP contribution in [0.2, 0.25) is 0 Å². The number of halogens is 1. The SMILES string of the molecule is CC(C)N(C(=O)c1cc(N)n2nc(-c3ccc(Br)o3)nc2c1)C1CCCCC1. The molecule has 0 spiro atoms. The summed E-state index contributed by atoms with van der Waals surface area (Å²) in [7, 11) is 0. The molecule has 0 aliphatic heterocycles. The van der Waals surface area contributed by atoms with Crippen molar-refractivity contribution < 1.29 is 9.21 Å². The zero-order chi connectivity index (χ0) is 19.8. The van der Waals surface area contributed by atoms with Gasteiger partial charge in [-0.15, -0.1) is 5.10 Å². The lowest BCUT2D eigenvalue weighted by molar-refractivity contribution is 0.0555. The Bertz CT molecular complexity index is 1000. The molecule has 1 aliphatic rings. The van der Waals surface area contributed by atoms with Crippen LogP contribution < -0.4 is 5.73 Å². The van der Waals surface area contributed by atoms with Crippen molar-refractivity contribution in [1.82, 2.24) is 19.5 Å². The molecular formula is C20H24BrN5O2. The Hall–Kier alpha value is -2.35. The zero-order valence-corrected chi connectivity index (χ0v) is 17.6. The van der Waals surface area contributed by atoms with Crippen LogP contribution >= 0.6 is 15.9 Å². The lowest BCUT2D eigenvalue weighted by Gasteiger charge is -2.37. The highest BCUT2D eigenvalue weighted by molar-refractivity contribution is 9.10. The number of carbonyl (C=O) groups is 1. The lowest BCUT2D eigenvalue weighted by Crippen LogP contribution is -2.45. The van der Waals surface area contributed by atoms with E-state index >= 15 is 0 Å². The Balaban J connectivity index is 1.70. The molecule has 0 radical (unpaired) electrons. The molecule has 0 aromatic carbocycles. The number of hydrogen-bond donors (Lipinski definition) is 1. The van der Waals surface area contributed by atoms with Crippen LogP contribution in [0.3, 0.4) is 0 Å². The average molecular weight is 446 g/mol. The number of aromatic nitrogens is 3. The number of nitrogens with zero attached hydrogens (tertiary/aromatic N) is 4. The number of furan rings is 1. The fourth-order valence-electron chi connectivity index (χ4n) is 4.00. The van der Waals surface area contributed by atoms with Crippen LogP contribution in [0.1, 0.15) is 56.3 Å². The number of rotatable bonds is 4. The normalized spacial score (nSPS) is 15.4. The van der Waals surface area contributed by atoms with Crippen LogP contribution in [0.15, 0.2) is 33.4 Å². The largest absolute Gasteiger partial charge is 0.446 e. The predicted molar refractivity (Wildman–Crippen MR) is 111 cm³/mol. The van der Waals surface area contributed by atoms with E-state index in [0.29, 0.717) is 33.3 Å². The van der Waals surface area contributed by atoms with Crippen molar-refractivity contribution >= 4 is 33.3 Å². The second-order valence-corrected chi connectivity index (χ2v) is 8.36. The first-order valence-corrected chi connectivity index (χ1v) is 10.5. The van der Waals surface area contributed by atoms with Gasteiger partial charge in [0.25, 0.3) is 5.91 Å². The highest BCUT2D eigenvalue weighted by Crippen LogP contribution is 2.27. The first kappa shape index (κ1) is 19.0. The summed E-state index contributed by atoms with van der Waals surface area (Å²) in [6, 6.07) is 7.42. The van der Waals surface area contributed by atoms with Crippen LogP contribution in [0, 0.1) is 0 Å². The summed E-state index contributed by atoms with van der Waals surface area (Å²) in [5.74, 6) is 1.34. The number of amides is 1. The summed E-state index contributed by atoms with van der Waals surface area (Å²) in [5.41, 5.74) is 7.27. The van der Waals surface area contributed by atoms with E-state index in [1.807, 2.05) is 4.90 Å². The van der Waals surface area contributed by atoms with Gasteiger partial charge in [-0.1, -0.05) is 19.3 Å². The zero-order valence-electron chi connectivity index (χ0n) is 16.1. The summed E-state index contributed by atoms with van der Waals surface area (Å²) in [5, 5.41) is 4.41. The van der Waals surface area contributed by atoms with Crippen molar-refractivity contribution in [3.8, 4) is 11.6 Å². The van der Waals surface area contributed by atoms with Gasteiger partial charge in [0.1, 0.15) is 5.82 Å². The van der Waals surface area contributed by atoms with Gasteiger partial charge in [-0.3, -0.25) is 4.79 Å². The first-order valence-electron chi connectivity index (χ1n) is 9.68. The third-order valence-corrected chi connectivity index (χ3v) is 5.69. The fraction of sp³-hybridized carbons (Fsp3) is 0.450. The van der Waals surface area contributed by atoms with Gasteiger partial charge in [-0.25, -0.2) is 4.98 Å². The maximum Gasteiger partial charge on any atom is 0.254 e. The minimum absolute atomic E-state index is 0.00129. The smallest absolute Gasteiger partial charge is 0.254 e. The van der Waals surface area contributed by atoms with Crippen molar-refractivity contribution in [2.45, 2.75) is 58.0 Å². The van der Waals surface area contributed by atoms with E-state index in [-0.39, 0.29) is 18.0 Å². The third kappa shape index (κ3) is 3.53. The van der Waals surface area contributed by atoms with Crippen LogP contribution in [-0.4, -0.2) is 37.5 Å². The number of pyridine rings is 1. The number of nitrogen functional groups attached to an aromatic ring is 1. The monoisotopic (exact) mass is 445 g/mol. The van der Waals surface area contributed by atoms with Gasteiger partial charge in [0.15, 0.2) is 16.1 Å². The molecule has 1 amide bonds. The Morgan fingerprint density at radius 3 is 2.68 bits per heavy atom. The number of nitrogens with two attached hydrogens (primary N) is 1. The molecule has 0 bridgehead atoms. The topological polar surface area (TPSA) is 89.7 Å². The lowest BCUT2D eigenvalue weighted by atomic mass is 9.93. The first-order chi connectivity index (χ1) is 13.4. The highest BCUT2D eigenvalue weighted by atomic mass is 79.9. The molecule has 0 unspecified atom stereocenters. The van der Waals surface area contributed by atoms with Crippen molar-refractivity contribution in [2.24, 2.45) is 0 Å². The summed E-state index contributed by atoms with van der Waals surface area (Å²) in [6.45, 7) is 4.14. The molecule has 1 saturated carbocycles. The molecule has 3 heterocycles. The van der Waals surface area contributed by atoms with E-state index in [1.165, 1.54) is 23.8 Å². The van der Waals surface area contributed by atoms with E-state index in [2.05, 4.69) is 39.9 Å². The Kier molecular flexibility index (Phi) is 5.14. The molecule has 148 valence electrons. The summed E-state index contributed by atoms with van der Waals surface area (Å²) in [4.78, 5) is 19.9. The minimum atomic E-state index is 0.00129. The molecule has 1 aliphatic carbocycles. The number of fused-ring (bicyclic) bond motifs is 1. The maximum atomic E-state index is 13.3. The van der Waals surface area contributed by atoms with Gasteiger partial charge in [0, 0.05) is 17.6 Å². The summed E-state index contributed by atoms with van der Waals surface area (Å²) in [6.07, 6.45) is 5.72. The molecule has 7 nitrogen and oxygen atoms in total. The van der Waals surface area contributed by atoms with Crippen LogP contribution in [0.25, 0.3) is 17.2 Å². The second-order valence-electron chi connectivity index (χ2n) is 7.58. The van der Waals surface area contributed by atoms with E-state index in [1.54, 1.807) is 24.3 Å². The second kappa shape index (κ2) is 7.58. The van der Waals surface area contributed by atoms with Crippen molar-refractivity contribution in [2.75, 3.05) is 5.73 Å².